The first-order valence-corrected chi connectivity index (χ1v) is 10.7. The van der Waals surface area contributed by atoms with Gasteiger partial charge in [0, 0.05) is 29.1 Å². The quantitative estimate of drug-likeness (QED) is 0.530. The molecule has 0 aromatic heterocycles. The number of thioether (sulfide) groups is 1. The van der Waals surface area contributed by atoms with E-state index in [0.29, 0.717) is 21.2 Å². The minimum atomic E-state index is -0.321. The van der Waals surface area contributed by atoms with Crippen molar-refractivity contribution in [3.63, 3.8) is 0 Å². The molecule has 156 valence electrons. The highest BCUT2D eigenvalue weighted by Crippen LogP contribution is 2.42. The number of likely N-dealkylation sites (N-methyl/N-ethyl adjacent to an activating group) is 1. The molecule has 31 heavy (non-hydrogen) atoms. The average Bonchev–Trinajstić information content (AvgIpc) is 2.78. The summed E-state index contributed by atoms with van der Waals surface area (Å²) in [5, 5.41) is 3.39. The Morgan fingerprint density at radius 2 is 1.87 bits per heavy atom. The van der Waals surface area contributed by atoms with Crippen LogP contribution in [-0.4, -0.2) is 18.9 Å². The Bertz CT molecular complexity index is 1190. The van der Waals surface area contributed by atoms with Crippen LogP contribution in [0.1, 0.15) is 21.5 Å². The normalized spacial score (nSPS) is 14.5. The Morgan fingerprint density at radius 1 is 1.13 bits per heavy atom. The number of carbonyl (C=O) groups is 2. The first kappa shape index (κ1) is 21.2. The van der Waals surface area contributed by atoms with Crippen molar-refractivity contribution >= 4 is 46.9 Å². The number of hydrogen-bond donors (Lipinski definition) is 1. The molecule has 0 atom stereocenters. The largest absolute Gasteiger partial charge is 0.348 e. The molecule has 3 aromatic carbocycles. The van der Waals surface area contributed by atoms with Gasteiger partial charge in [-0.15, -0.1) is 0 Å². The molecule has 0 saturated heterocycles. The number of nitrogens with one attached hydrogen (secondary N) is 1. The topological polar surface area (TPSA) is 49.4 Å². The number of anilines is 1. The highest BCUT2D eigenvalue weighted by Gasteiger charge is 2.27. The van der Waals surface area contributed by atoms with Crippen LogP contribution in [0, 0.1) is 5.82 Å². The van der Waals surface area contributed by atoms with Gasteiger partial charge in [0.15, 0.2) is 0 Å². The van der Waals surface area contributed by atoms with Crippen molar-refractivity contribution in [2.45, 2.75) is 11.4 Å². The van der Waals surface area contributed by atoms with E-state index in [1.807, 2.05) is 24.3 Å². The molecule has 0 fully saturated rings. The van der Waals surface area contributed by atoms with Gasteiger partial charge in [-0.2, -0.15) is 0 Å². The van der Waals surface area contributed by atoms with Gasteiger partial charge in [-0.05, 0) is 53.6 Å². The Balaban J connectivity index is 1.54. The number of nitrogens with zero attached hydrogens (tertiary/aromatic N) is 1. The number of fused-ring (bicyclic) bond motifs is 1. The zero-order valence-corrected chi connectivity index (χ0v) is 18.1. The van der Waals surface area contributed by atoms with Crippen LogP contribution < -0.4 is 10.2 Å². The van der Waals surface area contributed by atoms with E-state index in [1.165, 1.54) is 28.8 Å². The van der Waals surface area contributed by atoms with Crippen LogP contribution in [0.15, 0.2) is 76.5 Å². The van der Waals surface area contributed by atoms with E-state index in [2.05, 4.69) is 5.32 Å². The van der Waals surface area contributed by atoms with Crippen molar-refractivity contribution in [1.29, 1.82) is 0 Å². The molecule has 2 amide bonds. The van der Waals surface area contributed by atoms with E-state index >= 15 is 0 Å². The van der Waals surface area contributed by atoms with Crippen molar-refractivity contribution in [1.82, 2.24) is 5.32 Å². The zero-order valence-electron chi connectivity index (χ0n) is 16.6. The van der Waals surface area contributed by atoms with E-state index in [9.17, 15) is 14.0 Å². The second-order valence-electron chi connectivity index (χ2n) is 6.99. The summed E-state index contributed by atoms with van der Waals surface area (Å²) in [6.45, 7) is 0.282. The average molecular weight is 453 g/mol. The van der Waals surface area contributed by atoms with Crippen molar-refractivity contribution in [3.8, 4) is 0 Å². The Hall–Kier alpha value is -3.09. The Morgan fingerprint density at radius 3 is 2.61 bits per heavy atom. The molecule has 4 nitrogen and oxygen atoms in total. The molecule has 0 saturated carbocycles. The Labute approximate surface area is 188 Å². The molecular formula is C24H18ClFN2O2S. The van der Waals surface area contributed by atoms with E-state index in [-0.39, 0.29) is 24.2 Å². The van der Waals surface area contributed by atoms with Gasteiger partial charge in [-0.1, -0.05) is 53.7 Å². The third-order valence-corrected chi connectivity index (χ3v) is 6.30. The molecule has 3 aromatic rings. The minimum absolute atomic E-state index is 0.165. The molecule has 1 aliphatic heterocycles. The molecule has 1 heterocycles. The molecule has 0 bridgehead atoms. The highest BCUT2D eigenvalue weighted by atomic mass is 35.5. The van der Waals surface area contributed by atoms with Crippen LogP contribution in [-0.2, 0) is 11.3 Å². The fourth-order valence-electron chi connectivity index (χ4n) is 3.16. The fraction of sp³-hybridized carbons (Fsp3) is 0.0833. The minimum Gasteiger partial charge on any atom is -0.348 e. The number of amides is 2. The summed E-state index contributed by atoms with van der Waals surface area (Å²) in [4.78, 5) is 28.4. The predicted molar refractivity (Wildman–Crippen MR) is 123 cm³/mol. The lowest BCUT2D eigenvalue weighted by atomic mass is 10.1. The van der Waals surface area contributed by atoms with Crippen molar-refractivity contribution < 1.29 is 14.0 Å². The van der Waals surface area contributed by atoms with Crippen LogP contribution in [0.4, 0.5) is 10.1 Å². The number of carbonyl (C=O) groups excluding carboxylic acids is 2. The van der Waals surface area contributed by atoms with E-state index in [1.54, 1.807) is 43.5 Å². The SMILES string of the molecule is CN1C(=O)/C(=C/c2ccccc2Cl)Sc2ccc(C(=O)NCc3ccc(F)cc3)cc21. The fourth-order valence-corrected chi connectivity index (χ4v) is 4.43. The summed E-state index contributed by atoms with van der Waals surface area (Å²) in [6, 6.07) is 18.5. The summed E-state index contributed by atoms with van der Waals surface area (Å²) >= 11 is 7.57. The molecule has 1 aliphatic rings. The first-order chi connectivity index (χ1) is 14.9. The molecule has 1 N–H and O–H groups in total. The van der Waals surface area contributed by atoms with Crippen LogP contribution in [0.2, 0.25) is 5.02 Å². The molecule has 0 spiro atoms. The molecule has 7 heteroatoms. The predicted octanol–water partition coefficient (Wildman–Crippen LogP) is 5.52. The van der Waals surface area contributed by atoms with Crippen LogP contribution >= 0.6 is 23.4 Å². The van der Waals surface area contributed by atoms with Gasteiger partial charge in [0.1, 0.15) is 5.82 Å². The lowest BCUT2D eigenvalue weighted by Gasteiger charge is -2.27. The second kappa shape index (κ2) is 8.96. The third kappa shape index (κ3) is 4.65. The van der Waals surface area contributed by atoms with Crippen LogP contribution in [0.25, 0.3) is 6.08 Å². The van der Waals surface area contributed by atoms with Gasteiger partial charge >= 0.3 is 0 Å². The lowest BCUT2D eigenvalue weighted by molar-refractivity contribution is -0.114. The summed E-state index contributed by atoms with van der Waals surface area (Å²) in [5.74, 6) is -0.755. The number of halogens is 2. The second-order valence-corrected chi connectivity index (χ2v) is 8.48. The molecule has 0 radical (unpaired) electrons. The smallest absolute Gasteiger partial charge is 0.264 e. The summed E-state index contributed by atoms with van der Waals surface area (Å²) < 4.78 is 13.0. The summed E-state index contributed by atoms with van der Waals surface area (Å²) in [5.41, 5.74) is 2.68. The van der Waals surface area contributed by atoms with Gasteiger partial charge in [-0.3, -0.25) is 9.59 Å². The van der Waals surface area contributed by atoms with Crippen molar-refractivity contribution in [2.24, 2.45) is 0 Å². The van der Waals surface area contributed by atoms with Gasteiger partial charge < -0.3 is 10.2 Å². The van der Waals surface area contributed by atoms with Crippen LogP contribution in [0.5, 0.6) is 0 Å². The molecular weight excluding hydrogens is 435 g/mol. The zero-order chi connectivity index (χ0) is 22.0. The first-order valence-electron chi connectivity index (χ1n) is 9.51. The van der Waals surface area contributed by atoms with Crippen molar-refractivity contribution in [3.05, 3.63) is 99.2 Å². The summed E-state index contributed by atoms with van der Waals surface area (Å²) in [7, 11) is 1.68. The maximum atomic E-state index is 13.0. The maximum Gasteiger partial charge on any atom is 0.264 e. The molecule has 4 rings (SSSR count). The monoisotopic (exact) mass is 452 g/mol. The van der Waals surface area contributed by atoms with E-state index < -0.39 is 0 Å². The van der Waals surface area contributed by atoms with Gasteiger partial charge in [-0.25, -0.2) is 4.39 Å². The van der Waals surface area contributed by atoms with Crippen LogP contribution in [0.3, 0.4) is 0 Å². The van der Waals surface area contributed by atoms with Gasteiger partial charge in [0.2, 0.25) is 0 Å². The highest BCUT2D eigenvalue weighted by molar-refractivity contribution is 8.04. The third-order valence-electron chi connectivity index (χ3n) is 4.88. The standard InChI is InChI=1S/C24H18ClFN2O2S/c1-28-20-12-17(23(29)27-14-15-6-9-18(26)10-7-15)8-11-21(20)31-22(24(28)30)13-16-4-2-3-5-19(16)25/h2-13H,14H2,1H3,(H,27,29)/b22-13-. The number of rotatable bonds is 4. The number of hydrogen-bond acceptors (Lipinski definition) is 3. The molecule has 0 aliphatic carbocycles. The maximum absolute atomic E-state index is 13.0. The van der Waals surface area contributed by atoms with E-state index in [0.717, 1.165) is 16.0 Å². The Kier molecular flexibility index (Phi) is 6.11. The van der Waals surface area contributed by atoms with Gasteiger partial charge in [0.25, 0.3) is 11.8 Å². The number of benzene rings is 3. The van der Waals surface area contributed by atoms with Crippen molar-refractivity contribution in [2.75, 3.05) is 11.9 Å². The van der Waals surface area contributed by atoms with Gasteiger partial charge in [0.05, 0.1) is 10.6 Å². The summed E-state index contributed by atoms with van der Waals surface area (Å²) in [6.07, 6.45) is 1.78. The lowest BCUT2D eigenvalue weighted by Crippen LogP contribution is -2.31. The molecule has 0 unspecified atom stereocenters. The van der Waals surface area contributed by atoms with E-state index in [4.69, 9.17) is 11.6 Å².